The van der Waals surface area contributed by atoms with Crippen LogP contribution in [0.25, 0.3) is 0 Å². The van der Waals surface area contributed by atoms with Gasteiger partial charge < -0.3 is 15.0 Å². The van der Waals surface area contributed by atoms with E-state index in [2.05, 4.69) is 5.32 Å². The van der Waals surface area contributed by atoms with Crippen molar-refractivity contribution in [1.82, 2.24) is 10.2 Å². The molecule has 0 spiro atoms. The Morgan fingerprint density at radius 2 is 1.80 bits per heavy atom. The topological polar surface area (TPSA) is 96.0 Å². The summed E-state index contributed by atoms with van der Waals surface area (Å²) in [5.74, 6) is -1.31. The summed E-state index contributed by atoms with van der Waals surface area (Å²) in [5, 5.41) is 3.00. The van der Waals surface area contributed by atoms with E-state index in [1.54, 1.807) is 6.07 Å². The van der Waals surface area contributed by atoms with Crippen LogP contribution in [0.2, 0.25) is 5.02 Å². The molecule has 0 aliphatic carbocycles. The fraction of sp³-hybridized carbons (Fsp3) is 0.417. The molecule has 0 aliphatic heterocycles. The molecule has 2 amide bonds. The highest BCUT2D eigenvalue weighted by molar-refractivity contribution is 7.92. The van der Waals surface area contributed by atoms with Gasteiger partial charge in [0.1, 0.15) is 24.2 Å². The number of anilines is 1. The molecule has 2 rings (SSSR count). The Morgan fingerprint density at radius 3 is 2.37 bits per heavy atom. The Bertz CT molecular complexity index is 1160. The van der Waals surface area contributed by atoms with Crippen LogP contribution in [0.5, 0.6) is 5.75 Å². The zero-order valence-electron chi connectivity index (χ0n) is 20.4. The molecule has 1 atom stereocenters. The second-order valence-electron chi connectivity index (χ2n) is 8.51. The lowest BCUT2D eigenvalue weighted by Crippen LogP contribution is -2.51. The summed E-state index contributed by atoms with van der Waals surface area (Å²) in [4.78, 5) is 27.5. The molecule has 0 radical (unpaired) electrons. The number of carbonyl (C=O) groups excluding carboxylic acids is 2. The van der Waals surface area contributed by atoms with Crippen molar-refractivity contribution >= 4 is 39.1 Å². The minimum atomic E-state index is -3.97. The van der Waals surface area contributed by atoms with E-state index in [0.29, 0.717) is 6.54 Å². The quantitative estimate of drug-likeness (QED) is 0.483. The maximum atomic E-state index is 14.4. The Morgan fingerprint density at radius 1 is 1.14 bits per heavy atom. The van der Waals surface area contributed by atoms with Gasteiger partial charge in [0.05, 0.1) is 19.1 Å². The van der Waals surface area contributed by atoms with E-state index in [4.69, 9.17) is 16.3 Å². The number of carbonyl (C=O) groups is 2. The lowest BCUT2D eigenvalue weighted by atomic mass is 10.1. The third-order valence-electron chi connectivity index (χ3n) is 5.24. The maximum absolute atomic E-state index is 14.4. The molecular weight excluding hydrogens is 497 g/mol. The molecule has 0 saturated heterocycles. The highest BCUT2D eigenvalue weighted by Gasteiger charge is 2.31. The number of ether oxygens (including phenoxy) is 1. The Labute approximate surface area is 211 Å². The molecule has 8 nitrogen and oxygen atoms in total. The fourth-order valence-electron chi connectivity index (χ4n) is 3.30. The molecule has 0 bridgehead atoms. The van der Waals surface area contributed by atoms with Crippen molar-refractivity contribution < 1.29 is 27.1 Å². The van der Waals surface area contributed by atoms with Gasteiger partial charge in [0.25, 0.3) is 0 Å². The average Bonchev–Trinajstić information content (AvgIpc) is 2.79. The Kier molecular flexibility index (Phi) is 9.91. The van der Waals surface area contributed by atoms with E-state index >= 15 is 0 Å². The van der Waals surface area contributed by atoms with E-state index in [0.717, 1.165) is 15.5 Å². The van der Waals surface area contributed by atoms with Gasteiger partial charge in [0, 0.05) is 23.7 Å². The van der Waals surface area contributed by atoms with Gasteiger partial charge >= 0.3 is 0 Å². The number of methoxy groups -OCH3 is 1. The average molecular weight is 528 g/mol. The van der Waals surface area contributed by atoms with Gasteiger partial charge in [-0.05, 0) is 37.1 Å². The minimum Gasteiger partial charge on any atom is -0.495 e. The molecule has 11 heteroatoms. The van der Waals surface area contributed by atoms with Gasteiger partial charge in [0.2, 0.25) is 21.8 Å². The second-order valence-corrected chi connectivity index (χ2v) is 10.9. The van der Waals surface area contributed by atoms with E-state index in [1.807, 2.05) is 13.8 Å². The van der Waals surface area contributed by atoms with Crippen molar-refractivity contribution in [3.63, 3.8) is 0 Å². The number of amides is 2. The molecular formula is C24H31ClFN3O5S. The van der Waals surface area contributed by atoms with Crippen molar-refractivity contribution in [2.45, 2.75) is 33.4 Å². The van der Waals surface area contributed by atoms with E-state index in [-0.39, 0.29) is 34.5 Å². The monoisotopic (exact) mass is 527 g/mol. The van der Waals surface area contributed by atoms with Crippen molar-refractivity contribution in [3.8, 4) is 5.75 Å². The van der Waals surface area contributed by atoms with Crippen LogP contribution in [0.3, 0.4) is 0 Å². The van der Waals surface area contributed by atoms with Gasteiger partial charge in [-0.25, -0.2) is 12.8 Å². The zero-order chi connectivity index (χ0) is 26.3. The minimum absolute atomic E-state index is 0.0682. The lowest BCUT2D eigenvalue weighted by molar-refractivity contribution is -0.139. The van der Waals surface area contributed by atoms with E-state index < -0.39 is 40.2 Å². The first kappa shape index (κ1) is 28.4. The van der Waals surface area contributed by atoms with Crippen LogP contribution >= 0.6 is 11.6 Å². The smallest absolute Gasteiger partial charge is 0.244 e. The first-order chi connectivity index (χ1) is 16.3. The van der Waals surface area contributed by atoms with E-state index in [1.165, 1.54) is 50.4 Å². The number of nitrogens with one attached hydrogen (secondary N) is 1. The van der Waals surface area contributed by atoms with Crippen molar-refractivity contribution in [3.05, 3.63) is 58.9 Å². The first-order valence-corrected chi connectivity index (χ1v) is 13.2. The Hall–Kier alpha value is -2.85. The predicted molar refractivity (Wildman–Crippen MR) is 134 cm³/mol. The number of benzene rings is 2. The van der Waals surface area contributed by atoms with Crippen LogP contribution in [-0.2, 0) is 26.2 Å². The summed E-state index contributed by atoms with van der Waals surface area (Å²) < 4.78 is 45.9. The molecule has 35 heavy (non-hydrogen) atoms. The summed E-state index contributed by atoms with van der Waals surface area (Å²) in [7, 11) is -2.61. The van der Waals surface area contributed by atoms with Crippen LogP contribution in [-0.4, -0.2) is 57.6 Å². The van der Waals surface area contributed by atoms with Gasteiger partial charge in [-0.3, -0.25) is 13.9 Å². The first-order valence-electron chi connectivity index (χ1n) is 11.0. The fourth-order valence-corrected chi connectivity index (χ4v) is 4.31. The summed E-state index contributed by atoms with van der Waals surface area (Å²) in [6.07, 6.45) is 0.945. The summed E-state index contributed by atoms with van der Waals surface area (Å²) >= 11 is 6.08. The second kappa shape index (κ2) is 12.2. The number of halogens is 2. The molecule has 0 aromatic heterocycles. The summed E-state index contributed by atoms with van der Waals surface area (Å²) in [5.41, 5.74) is 0.259. The predicted octanol–water partition coefficient (Wildman–Crippen LogP) is 3.44. The molecule has 0 heterocycles. The zero-order valence-corrected chi connectivity index (χ0v) is 22.0. The van der Waals surface area contributed by atoms with Crippen molar-refractivity contribution in [2.24, 2.45) is 5.92 Å². The Balaban J connectivity index is 2.45. The number of hydrogen-bond donors (Lipinski definition) is 1. The third-order valence-corrected chi connectivity index (χ3v) is 6.60. The lowest BCUT2D eigenvalue weighted by Gasteiger charge is -2.32. The van der Waals surface area contributed by atoms with Gasteiger partial charge in [0.15, 0.2) is 0 Å². The molecule has 1 unspecified atom stereocenters. The summed E-state index contributed by atoms with van der Waals surface area (Å²) in [6, 6.07) is 9.27. The highest BCUT2D eigenvalue weighted by atomic mass is 35.5. The molecule has 0 aliphatic rings. The normalized spacial score (nSPS) is 12.2. The SMILES string of the molecule is COc1ccc(Cl)cc1N(CC(=O)N(Cc1ccccc1F)C(C)C(=O)NCC(C)C)S(C)(=O)=O. The number of nitrogens with zero attached hydrogens (tertiary/aromatic N) is 2. The van der Waals surface area contributed by atoms with Crippen LogP contribution in [0.1, 0.15) is 26.3 Å². The maximum Gasteiger partial charge on any atom is 0.244 e. The molecule has 0 saturated carbocycles. The molecule has 192 valence electrons. The van der Waals surface area contributed by atoms with Gasteiger partial charge in [-0.2, -0.15) is 0 Å². The number of sulfonamides is 1. The largest absolute Gasteiger partial charge is 0.495 e. The molecule has 2 aromatic rings. The summed E-state index contributed by atoms with van der Waals surface area (Å²) in [6.45, 7) is 4.88. The van der Waals surface area contributed by atoms with Crippen LogP contribution in [0.15, 0.2) is 42.5 Å². The van der Waals surface area contributed by atoms with Crippen molar-refractivity contribution in [2.75, 3.05) is 30.8 Å². The van der Waals surface area contributed by atoms with Crippen LogP contribution in [0.4, 0.5) is 10.1 Å². The van der Waals surface area contributed by atoms with Gasteiger partial charge in [-0.1, -0.05) is 43.6 Å². The number of rotatable bonds is 11. The molecule has 0 fully saturated rings. The van der Waals surface area contributed by atoms with Gasteiger partial charge in [-0.15, -0.1) is 0 Å². The molecule has 2 aromatic carbocycles. The van der Waals surface area contributed by atoms with Crippen LogP contribution < -0.4 is 14.4 Å². The van der Waals surface area contributed by atoms with E-state index in [9.17, 15) is 22.4 Å². The standard InChI is InChI=1S/C24H31ClFN3O5S/c1-16(2)13-27-24(31)17(3)28(14-18-8-6-7-9-20(18)26)23(30)15-29(35(5,32)33)21-12-19(25)10-11-22(21)34-4/h6-12,16-17H,13-15H2,1-5H3,(H,27,31). The van der Waals surface area contributed by atoms with Crippen molar-refractivity contribution in [1.29, 1.82) is 0 Å². The van der Waals surface area contributed by atoms with Crippen LogP contribution in [0, 0.1) is 11.7 Å². The molecule has 1 N–H and O–H groups in total. The third kappa shape index (κ3) is 7.83. The number of hydrogen-bond acceptors (Lipinski definition) is 5. The highest BCUT2D eigenvalue weighted by Crippen LogP contribution is 2.33.